The van der Waals surface area contributed by atoms with Crippen LogP contribution in [0.25, 0.3) is 10.8 Å². The maximum Gasteiger partial charge on any atom is 0.165 e. The summed E-state index contributed by atoms with van der Waals surface area (Å²) in [5.41, 5.74) is 1.08. The lowest BCUT2D eigenvalue weighted by atomic mass is 10.1. The number of halogens is 1. The van der Waals surface area contributed by atoms with Crippen LogP contribution in [0.5, 0.6) is 5.75 Å². The SMILES string of the molecule is Fc1cc2cnccc2cc1OC1CCN(Cc2ccccn2)CC1. The van der Waals surface area contributed by atoms with E-state index in [-0.39, 0.29) is 11.9 Å². The molecule has 0 saturated carbocycles. The quantitative estimate of drug-likeness (QED) is 0.725. The number of hydrogen-bond donors (Lipinski definition) is 0. The number of ether oxygens (including phenoxy) is 1. The second kappa shape index (κ2) is 7.15. The lowest BCUT2D eigenvalue weighted by Gasteiger charge is -2.32. The van der Waals surface area contributed by atoms with Crippen molar-refractivity contribution in [1.82, 2.24) is 14.9 Å². The molecule has 0 amide bonds. The van der Waals surface area contributed by atoms with Crippen LogP contribution in [-0.2, 0) is 6.54 Å². The van der Waals surface area contributed by atoms with E-state index >= 15 is 0 Å². The number of benzene rings is 1. The molecule has 1 aliphatic rings. The van der Waals surface area contributed by atoms with Crippen LogP contribution >= 0.6 is 0 Å². The first-order valence-electron chi connectivity index (χ1n) is 8.60. The largest absolute Gasteiger partial charge is 0.487 e. The maximum atomic E-state index is 14.3. The lowest BCUT2D eigenvalue weighted by molar-refractivity contribution is 0.0930. The molecule has 0 radical (unpaired) electrons. The van der Waals surface area contributed by atoms with Gasteiger partial charge >= 0.3 is 0 Å². The molecule has 3 heterocycles. The molecule has 1 aromatic carbocycles. The number of pyridine rings is 2. The molecule has 0 unspecified atom stereocenters. The van der Waals surface area contributed by atoms with E-state index in [9.17, 15) is 4.39 Å². The molecular weight excluding hydrogens is 317 g/mol. The highest BCUT2D eigenvalue weighted by atomic mass is 19.1. The monoisotopic (exact) mass is 337 g/mol. The van der Waals surface area contributed by atoms with Gasteiger partial charge in [0.2, 0.25) is 0 Å². The molecule has 1 saturated heterocycles. The normalized spacial score (nSPS) is 16.2. The molecule has 0 bridgehead atoms. The first-order chi connectivity index (χ1) is 12.3. The van der Waals surface area contributed by atoms with E-state index < -0.39 is 0 Å². The Labute approximate surface area is 146 Å². The number of nitrogens with zero attached hydrogens (tertiary/aromatic N) is 3. The average molecular weight is 337 g/mol. The highest BCUT2D eigenvalue weighted by molar-refractivity contribution is 5.83. The smallest absolute Gasteiger partial charge is 0.165 e. The summed E-state index contributed by atoms with van der Waals surface area (Å²) >= 11 is 0. The second-order valence-corrected chi connectivity index (χ2v) is 6.42. The Bertz CT molecular complexity index is 848. The minimum Gasteiger partial charge on any atom is -0.487 e. The van der Waals surface area contributed by atoms with E-state index in [0.29, 0.717) is 5.75 Å². The van der Waals surface area contributed by atoms with Gasteiger partial charge in [-0.1, -0.05) is 6.07 Å². The van der Waals surface area contributed by atoms with Gasteiger partial charge in [-0.15, -0.1) is 0 Å². The molecule has 4 nitrogen and oxygen atoms in total. The van der Waals surface area contributed by atoms with Gasteiger partial charge in [0.05, 0.1) is 5.69 Å². The third-order valence-electron chi connectivity index (χ3n) is 4.63. The zero-order valence-corrected chi connectivity index (χ0v) is 13.9. The number of rotatable bonds is 4. The fourth-order valence-corrected chi connectivity index (χ4v) is 3.26. The summed E-state index contributed by atoms with van der Waals surface area (Å²) in [6.45, 7) is 2.71. The lowest BCUT2D eigenvalue weighted by Crippen LogP contribution is -2.38. The second-order valence-electron chi connectivity index (χ2n) is 6.42. The van der Waals surface area contributed by atoms with Gasteiger partial charge in [0.1, 0.15) is 6.10 Å². The van der Waals surface area contributed by atoms with Gasteiger partial charge in [-0.3, -0.25) is 14.9 Å². The third-order valence-corrected chi connectivity index (χ3v) is 4.63. The van der Waals surface area contributed by atoms with Crippen LogP contribution in [0.2, 0.25) is 0 Å². The molecular formula is C20H20FN3O. The number of hydrogen-bond acceptors (Lipinski definition) is 4. The molecule has 3 aromatic rings. The van der Waals surface area contributed by atoms with Gasteiger partial charge in [0.15, 0.2) is 11.6 Å². The Balaban J connectivity index is 1.38. The zero-order chi connectivity index (χ0) is 17.1. The first-order valence-corrected chi connectivity index (χ1v) is 8.60. The highest BCUT2D eigenvalue weighted by Crippen LogP contribution is 2.27. The van der Waals surface area contributed by atoms with E-state index in [1.54, 1.807) is 18.5 Å². The minimum atomic E-state index is -0.323. The number of likely N-dealkylation sites (tertiary alicyclic amines) is 1. The van der Waals surface area contributed by atoms with Crippen LogP contribution in [0.3, 0.4) is 0 Å². The van der Waals surface area contributed by atoms with Crippen molar-refractivity contribution in [3.05, 3.63) is 66.5 Å². The molecule has 0 aliphatic carbocycles. The topological polar surface area (TPSA) is 38.2 Å². The summed E-state index contributed by atoms with van der Waals surface area (Å²) < 4.78 is 20.2. The van der Waals surface area contributed by atoms with Crippen LogP contribution < -0.4 is 4.74 Å². The molecule has 0 spiro atoms. The Hall–Kier alpha value is -2.53. The fourth-order valence-electron chi connectivity index (χ4n) is 3.26. The van der Waals surface area contributed by atoms with Crippen molar-refractivity contribution in [2.75, 3.05) is 13.1 Å². The molecule has 2 aromatic heterocycles. The van der Waals surface area contributed by atoms with Crippen molar-refractivity contribution in [3.8, 4) is 5.75 Å². The summed E-state index contributed by atoms with van der Waals surface area (Å²) in [4.78, 5) is 10.8. The van der Waals surface area contributed by atoms with Crippen molar-refractivity contribution in [1.29, 1.82) is 0 Å². The minimum absolute atomic E-state index is 0.0498. The predicted octanol–water partition coefficient (Wildman–Crippen LogP) is 3.81. The van der Waals surface area contributed by atoms with Gasteiger partial charge in [-0.25, -0.2) is 4.39 Å². The van der Waals surface area contributed by atoms with Gasteiger partial charge < -0.3 is 4.74 Å². The van der Waals surface area contributed by atoms with Crippen LogP contribution in [0.15, 0.2) is 55.0 Å². The molecule has 1 fully saturated rings. The number of aromatic nitrogens is 2. The molecule has 25 heavy (non-hydrogen) atoms. The molecule has 0 atom stereocenters. The van der Waals surface area contributed by atoms with Crippen LogP contribution in [-0.4, -0.2) is 34.1 Å². The van der Waals surface area contributed by atoms with Crippen molar-refractivity contribution in [2.45, 2.75) is 25.5 Å². The Morgan fingerprint density at radius 3 is 2.76 bits per heavy atom. The Kier molecular flexibility index (Phi) is 4.57. The highest BCUT2D eigenvalue weighted by Gasteiger charge is 2.22. The van der Waals surface area contributed by atoms with Gasteiger partial charge in [-0.2, -0.15) is 0 Å². The summed E-state index contributed by atoms with van der Waals surface area (Å²) in [5.74, 6) is 0.0123. The van der Waals surface area contributed by atoms with E-state index in [4.69, 9.17) is 4.74 Å². The van der Waals surface area contributed by atoms with E-state index in [2.05, 4.69) is 14.9 Å². The van der Waals surface area contributed by atoms with Crippen LogP contribution in [0, 0.1) is 5.82 Å². The van der Waals surface area contributed by atoms with Crippen molar-refractivity contribution < 1.29 is 9.13 Å². The molecule has 0 N–H and O–H groups in total. The number of piperidine rings is 1. The van der Waals surface area contributed by atoms with E-state index in [0.717, 1.165) is 48.9 Å². The molecule has 1 aliphatic heterocycles. The molecule has 4 rings (SSSR count). The first kappa shape index (κ1) is 16.0. The van der Waals surface area contributed by atoms with Gasteiger partial charge in [0.25, 0.3) is 0 Å². The Morgan fingerprint density at radius 2 is 1.96 bits per heavy atom. The van der Waals surface area contributed by atoms with Crippen molar-refractivity contribution >= 4 is 10.8 Å². The summed E-state index contributed by atoms with van der Waals surface area (Å²) in [7, 11) is 0. The maximum absolute atomic E-state index is 14.3. The van der Waals surface area contributed by atoms with Gasteiger partial charge in [0, 0.05) is 43.6 Å². The van der Waals surface area contributed by atoms with E-state index in [1.807, 2.05) is 30.5 Å². The standard InChI is InChI=1S/C20H20FN3O/c21-19-11-16-13-22-8-4-15(16)12-20(19)25-18-5-9-24(10-6-18)14-17-3-1-2-7-23-17/h1-4,7-8,11-13,18H,5-6,9-10,14H2. The summed E-state index contributed by atoms with van der Waals surface area (Å²) in [6.07, 6.45) is 7.02. The van der Waals surface area contributed by atoms with Crippen LogP contribution in [0.4, 0.5) is 4.39 Å². The van der Waals surface area contributed by atoms with Gasteiger partial charge in [-0.05, 0) is 48.6 Å². The molecule has 5 heteroatoms. The van der Waals surface area contributed by atoms with E-state index in [1.165, 1.54) is 6.07 Å². The predicted molar refractivity (Wildman–Crippen MR) is 94.9 cm³/mol. The zero-order valence-electron chi connectivity index (χ0n) is 13.9. The summed E-state index contributed by atoms with van der Waals surface area (Å²) in [6, 6.07) is 11.1. The van der Waals surface area contributed by atoms with Crippen LogP contribution in [0.1, 0.15) is 18.5 Å². The fraction of sp³-hybridized carbons (Fsp3) is 0.300. The Morgan fingerprint density at radius 1 is 1.08 bits per heavy atom. The van der Waals surface area contributed by atoms with Crippen molar-refractivity contribution in [3.63, 3.8) is 0 Å². The molecule has 128 valence electrons. The number of fused-ring (bicyclic) bond motifs is 1. The average Bonchev–Trinajstić information content (AvgIpc) is 2.65. The summed E-state index contributed by atoms with van der Waals surface area (Å²) in [5, 5.41) is 1.73. The van der Waals surface area contributed by atoms with Crippen molar-refractivity contribution in [2.24, 2.45) is 0 Å². The third kappa shape index (κ3) is 3.77.